The molecule has 0 saturated carbocycles. The van der Waals surface area contributed by atoms with Crippen molar-refractivity contribution in [3.8, 4) is 0 Å². The molecule has 5 heteroatoms. The van der Waals surface area contributed by atoms with Crippen LogP contribution in [0.5, 0.6) is 0 Å². The molecule has 0 atom stereocenters. The summed E-state index contributed by atoms with van der Waals surface area (Å²) in [5.41, 5.74) is 0.916. The van der Waals surface area contributed by atoms with Gasteiger partial charge in [-0.25, -0.2) is 4.98 Å². The fraction of sp³-hybridized carbons (Fsp3) is 0.364. The molecule has 1 rings (SSSR count). The summed E-state index contributed by atoms with van der Waals surface area (Å²) in [5, 5.41) is 0.324. The maximum atomic E-state index is 11.7. The van der Waals surface area contributed by atoms with Crippen LogP contribution >= 0.6 is 11.6 Å². The van der Waals surface area contributed by atoms with Gasteiger partial charge >= 0.3 is 5.97 Å². The first-order chi connectivity index (χ1) is 7.54. The highest BCUT2D eigenvalue weighted by Gasteiger charge is 2.15. The van der Waals surface area contributed by atoms with Crippen molar-refractivity contribution in [3.05, 3.63) is 28.5 Å². The maximum absolute atomic E-state index is 11.7. The van der Waals surface area contributed by atoms with Crippen molar-refractivity contribution < 1.29 is 14.3 Å². The Morgan fingerprint density at radius 3 is 2.69 bits per heavy atom. The quantitative estimate of drug-likeness (QED) is 0.351. The van der Waals surface area contributed by atoms with Crippen molar-refractivity contribution in [2.45, 2.75) is 20.3 Å². The summed E-state index contributed by atoms with van der Waals surface area (Å²) in [5.74, 6) is -0.832. The molecule has 0 radical (unpaired) electrons. The number of pyridine rings is 1. The van der Waals surface area contributed by atoms with Gasteiger partial charge in [-0.15, -0.1) is 0 Å². The topological polar surface area (TPSA) is 56.3 Å². The third-order valence-electron chi connectivity index (χ3n) is 1.96. The van der Waals surface area contributed by atoms with E-state index in [-0.39, 0.29) is 18.8 Å². The normalized spacial score (nSPS) is 9.94. The van der Waals surface area contributed by atoms with Crippen molar-refractivity contribution in [1.82, 2.24) is 4.98 Å². The smallest absolute Gasteiger partial charge is 0.313 e. The molecule has 0 amide bonds. The second-order valence-electron chi connectivity index (χ2n) is 3.17. The molecule has 0 unspecified atom stereocenters. The van der Waals surface area contributed by atoms with E-state index in [2.05, 4.69) is 4.98 Å². The van der Waals surface area contributed by atoms with Crippen molar-refractivity contribution in [3.63, 3.8) is 0 Å². The average Bonchev–Trinajstić information content (AvgIpc) is 2.17. The monoisotopic (exact) mass is 241 g/mol. The van der Waals surface area contributed by atoms with Gasteiger partial charge in [-0.2, -0.15) is 0 Å². The summed E-state index contributed by atoms with van der Waals surface area (Å²) in [6, 6.07) is 3.08. The van der Waals surface area contributed by atoms with Gasteiger partial charge in [0.1, 0.15) is 11.6 Å². The summed E-state index contributed by atoms with van der Waals surface area (Å²) in [6.45, 7) is 3.63. The number of Topliss-reactive ketones (excluding diaryl/α,β-unsaturated/α-hetero) is 1. The summed E-state index contributed by atoms with van der Waals surface area (Å²) < 4.78 is 4.69. The molecule has 1 heterocycles. The molecule has 0 N–H and O–H groups in total. The zero-order valence-corrected chi connectivity index (χ0v) is 9.87. The number of ether oxygens (including phenoxy) is 1. The first-order valence-electron chi connectivity index (χ1n) is 4.86. The van der Waals surface area contributed by atoms with Gasteiger partial charge in [-0.1, -0.05) is 11.6 Å². The van der Waals surface area contributed by atoms with Crippen LogP contribution in [-0.2, 0) is 9.53 Å². The van der Waals surface area contributed by atoms with E-state index in [1.807, 2.05) is 0 Å². The van der Waals surface area contributed by atoms with Crippen LogP contribution in [0.1, 0.15) is 29.4 Å². The van der Waals surface area contributed by atoms with Crippen molar-refractivity contribution >= 4 is 23.4 Å². The average molecular weight is 242 g/mol. The van der Waals surface area contributed by atoms with Gasteiger partial charge < -0.3 is 4.74 Å². The lowest BCUT2D eigenvalue weighted by Crippen LogP contribution is -2.12. The number of nitrogens with zero attached hydrogens (tertiary/aromatic N) is 1. The molecular formula is C11H12ClNO3. The van der Waals surface area contributed by atoms with E-state index in [0.29, 0.717) is 16.4 Å². The fourth-order valence-corrected chi connectivity index (χ4v) is 1.45. The number of hydrogen-bond donors (Lipinski definition) is 0. The molecule has 0 aliphatic rings. The number of carbonyl (C=O) groups is 2. The Bertz CT molecular complexity index is 418. The molecule has 0 saturated heterocycles. The van der Waals surface area contributed by atoms with Crippen molar-refractivity contribution in [2.75, 3.05) is 6.61 Å². The number of carbonyl (C=O) groups excluding carboxylic acids is 2. The summed E-state index contributed by atoms with van der Waals surface area (Å²) >= 11 is 5.66. The predicted octanol–water partition coefficient (Wildman–Crippen LogP) is 2.18. The molecule has 0 bridgehead atoms. The van der Waals surface area contributed by atoms with Gasteiger partial charge in [-0.3, -0.25) is 9.59 Å². The summed E-state index contributed by atoms with van der Waals surface area (Å²) in [6.07, 6.45) is -0.266. The van der Waals surface area contributed by atoms with Gasteiger partial charge in [0.2, 0.25) is 0 Å². The van der Waals surface area contributed by atoms with E-state index in [1.165, 1.54) is 6.07 Å². The number of rotatable bonds is 4. The van der Waals surface area contributed by atoms with Gasteiger partial charge in [0.05, 0.1) is 6.61 Å². The zero-order valence-electron chi connectivity index (χ0n) is 9.12. The number of aryl methyl sites for hydroxylation is 1. The van der Waals surface area contributed by atoms with Gasteiger partial charge in [0.15, 0.2) is 5.78 Å². The van der Waals surface area contributed by atoms with Crippen LogP contribution in [0.15, 0.2) is 12.1 Å². The van der Waals surface area contributed by atoms with Gasteiger partial charge in [0, 0.05) is 11.3 Å². The highest BCUT2D eigenvalue weighted by molar-refractivity contribution is 6.29. The molecule has 0 fully saturated rings. The van der Waals surface area contributed by atoms with Crippen LogP contribution in [0, 0.1) is 6.92 Å². The Morgan fingerprint density at radius 1 is 1.44 bits per heavy atom. The molecule has 4 nitrogen and oxygen atoms in total. The Morgan fingerprint density at radius 2 is 2.12 bits per heavy atom. The minimum absolute atomic E-state index is 0.266. The fourth-order valence-electron chi connectivity index (χ4n) is 1.26. The van der Waals surface area contributed by atoms with Crippen LogP contribution in [0.25, 0.3) is 0 Å². The largest absolute Gasteiger partial charge is 0.466 e. The minimum Gasteiger partial charge on any atom is -0.466 e. The van der Waals surface area contributed by atoms with Crippen LogP contribution in [0.4, 0.5) is 0 Å². The van der Waals surface area contributed by atoms with E-state index in [4.69, 9.17) is 16.3 Å². The Labute approximate surface area is 98.6 Å². The summed E-state index contributed by atoms with van der Waals surface area (Å²) in [4.78, 5) is 26.7. The molecule has 86 valence electrons. The van der Waals surface area contributed by atoms with E-state index in [1.54, 1.807) is 19.9 Å². The predicted molar refractivity (Wildman–Crippen MR) is 59.6 cm³/mol. The van der Waals surface area contributed by atoms with Gasteiger partial charge in [-0.05, 0) is 26.0 Å². The Kier molecular flexibility index (Phi) is 4.43. The third-order valence-corrected chi connectivity index (χ3v) is 2.17. The molecule has 0 aromatic carbocycles. The van der Waals surface area contributed by atoms with E-state index < -0.39 is 5.97 Å². The van der Waals surface area contributed by atoms with E-state index in [9.17, 15) is 9.59 Å². The lowest BCUT2D eigenvalue weighted by Gasteiger charge is -2.04. The van der Waals surface area contributed by atoms with Crippen molar-refractivity contribution in [1.29, 1.82) is 0 Å². The highest BCUT2D eigenvalue weighted by Crippen LogP contribution is 2.12. The standard InChI is InChI=1S/C11H12ClNO3/c1-3-16-11(15)6-9(14)8-4-5-10(12)13-7(8)2/h4-5H,3,6H2,1-2H3. The molecular weight excluding hydrogens is 230 g/mol. The number of aromatic nitrogens is 1. The Hall–Kier alpha value is -1.42. The number of hydrogen-bond acceptors (Lipinski definition) is 4. The molecule has 0 aliphatic heterocycles. The lowest BCUT2D eigenvalue weighted by molar-refractivity contribution is -0.141. The third kappa shape index (κ3) is 3.31. The minimum atomic E-state index is -0.526. The lowest BCUT2D eigenvalue weighted by atomic mass is 10.1. The van der Waals surface area contributed by atoms with Crippen LogP contribution in [0.3, 0.4) is 0 Å². The Balaban J connectivity index is 2.77. The highest BCUT2D eigenvalue weighted by atomic mass is 35.5. The van der Waals surface area contributed by atoms with E-state index in [0.717, 1.165) is 0 Å². The number of ketones is 1. The molecule has 16 heavy (non-hydrogen) atoms. The van der Waals surface area contributed by atoms with Crippen LogP contribution in [0.2, 0.25) is 5.15 Å². The van der Waals surface area contributed by atoms with Crippen LogP contribution < -0.4 is 0 Å². The second kappa shape index (κ2) is 5.61. The van der Waals surface area contributed by atoms with E-state index >= 15 is 0 Å². The van der Waals surface area contributed by atoms with Crippen molar-refractivity contribution in [2.24, 2.45) is 0 Å². The van der Waals surface area contributed by atoms with Gasteiger partial charge in [0.25, 0.3) is 0 Å². The maximum Gasteiger partial charge on any atom is 0.313 e. The molecule has 0 aliphatic carbocycles. The first-order valence-corrected chi connectivity index (χ1v) is 5.24. The first kappa shape index (κ1) is 12.6. The zero-order chi connectivity index (χ0) is 12.1. The molecule has 1 aromatic rings. The molecule has 0 spiro atoms. The second-order valence-corrected chi connectivity index (χ2v) is 3.56. The summed E-state index contributed by atoms with van der Waals surface area (Å²) in [7, 11) is 0. The number of halogens is 1. The number of esters is 1. The molecule has 1 aromatic heterocycles. The SMILES string of the molecule is CCOC(=O)CC(=O)c1ccc(Cl)nc1C. The van der Waals surface area contributed by atoms with Crippen LogP contribution in [-0.4, -0.2) is 23.3 Å².